The summed E-state index contributed by atoms with van der Waals surface area (Å²) >= 11 is 0. The van der Waals surface area contributed by atoms with Crippen LogP contribution in [0, 0.1) is 0 Å². The summed E-state index contributed by atoms with van der Waals surface area (Å²) in [6, 6.07) is 14.6. The van der Waals surface area contributed by atoms with Gasteiger partial charge in [-0.2, -0.15) is 4.98 Å². The van der Waals surface area contributed by atoms with Crippen molar-refractivity contribution in [2.24, 2.45) is 0 Å². The summed E-state index contributed by atoms with van der Waals surface area (Å²) in [5, 5.41) is 6.83. The van der Waals surface area contributed by atoms with Gasteiger partial charge in [0.25, 0.3) is 11.8 Å². The number of aromatic nitrogens is 2. The number of hydrogen-bond donors (Lipinski definition) is 1. The van der Waals surface area contributed by atoms with E-state index in [1.54, 1.807) is 13.2 Å². The average Bonchev–Trinajstić information content (AvgIpc) is 3.16. The van der Waals surface area contributed by atoms with E-state index in [0.717, 1.165) is 11.3 Å². The van der Waals surface area contributed by atoms with Crippen molar-refractivity contribution >= 4 is 5.91 Å². The molecule has 140 valence electrons. The number of nitrogens with zero attached hydrogens (tertiary/aromatic N) is 2. The zero-order valence-electron chi connectivity index (χ0n) is 15.4. The molecule has 0 spiro atoms. The molecule has 0 unspecified atom stereocenters. The summed E-state index contributed by atoms with van der Waals surface area (Å²) in [7, 11) is 1.61. The number of amides is 1. The van der Waals surface area contributed by atoms with Crippen LogP contribution in [0.4, 0.5) is 0 Å². The molecular formula is C20H21N3O4. The normalized spacial score (nSPS) is 10.7. The Hall–Kier alpha value is -3.35. The summed E-state index contributed by atoms with van der Waals surface area (Å²) in [6.07, 6.45) is 0. The molecular weight excluding hydrogens is 346 g/mol. The summed E-state index contributed by atoms with van der Waals surface area (Å²) in [5.74, 6) is 1.85. The fraction of sp³-hybridized carbons (Fsp3) is 0.250. The molecule has 1 aromatic heterocycles. The third-order valence-corrected chi connectivity index (χ3v) is 3.70. The maximum Gasteiger partial charge on any atom is 0.258 e. The lowest BCUT2D eigenvalue weighted by Gasteiger charge is -2.11. The average molecular weight is 367 g/mol. The second-order valence-corrected chi connectivity index (χ2v) is 6.16. The molecule has 7 nitrogen and oxygen atoms in total. The van der Waals surface area contributed by atoms with Crippen LogP contribution in [0.3, 0.4) is 0 Å². The molecule has 0 saturated heterocycles. The lowest BCUT2D eigenvalue weighted by Crippen LogP contribution is -2.34. The Balaban J connectivity index is 1.78. The van der Waals surface area contributed by atoms with Gasteiger partial charge in [-0.05, 0) is 50.2 Å². The standard InChI is InChI=1S/C20H21N3O4/c1-13(2)21-18(24)12-26-17-7-5-4-6-16(17)19-22-20(27-23-19)14-8-10-15(25-3)11-9-14/h4-11,13H,12H2,1-3H3,(H,21,24). The highest BCUT2D eigenvalue weighted by Gasteiger charge is 2.15. The maximum atomic E-state index is 11.8. The molecule has 0 fully saturated rings. The van der Waals surface area contributed by atoms with Gasteiger partial charge in [0, 0.05) is 11.6 Å². The Bertz CT molecular complexity index is 904. The van der Waals surface area contributed by atoms with Crippen molar-refractivity contribution in [1.29, 1.82) is 0 Å². The number of ether oxygens (including phenoxy) is 2. The number of methoxy groups -OCH3 is 1. The van der Waals surface area contributed by atoms with E-state index in [9.17, 15) is 4.79 Å². The van der Waals surface area contributed by atoms with E-state index in [4.69, 9.17) is 14.0 Å². The smallest absolute Gasteiger partial charge is 0.258 e. The van der Waals surface area contributed by atoms with Crippen LogP contribution in [-0.4, -0.2) is 35.8 Å². The van der Waals surface area contributed by atoms with Crippen LogP contribution in [0.1, 0.15) is 13.8 Å². The van der Waals surface area contributed by atoms with E-state index in [1.165, 1.54) is 0 Å². The van der Waals surface area contributed by atoms with Gasteiger partial charge in [0.1, 0.15) is 11.5 Å². The van der Waals surface area contributed by atoms with Crippen LogP contribution >= 0.6 is 0 Å². The Morgan fingerprint density at radius 3 is 2.59 bits per heavy atom. The SMILES string of the molecule is COc1ccc(-c2nc(-c3ccccc3OCC(=O)NC(C)C)no2)cc1. The van der Waals surface area contributed by atoms with E-state index < -0.39 is 0 Å². The molecule has 1 heterocycles. The number of hydrogen-bond acceptors (Lipinski definition) is 6. The van der Waals surface area contributed by atoms with E-state index in [0.29, 0.717) is 23.0 Å². The molecule has 0 radical (unpaired) electrons. The van der Waals surface area contributed by atoms with Gasteiger partial charge in [0.2, 0.25) is 5.82 Å². The number of carbonyl (C=O) groups excluding carboxylic acids is 1. The lowest BCUT2D eigenvalue weighted by atomic mass is 10.2. The zero-order valence-corrected chi connectivity index (χ0v) is 15.4. The number of carbonyl (C=O) groups is 1. The second kappa shape index (κ2) is 8.35. The van der Waals surface area contributed by atoms with Crippen molar-refractivity contribution in [2.45, 2.75) is 19.9 Å². The number of nitrogens with one attached hydrogen (secondary N) is 1. The van der Waals surface area contributed by atoms with Gasteiger partial charge in [-0.1, -0.05) is 17.3 Å². The summed E-state index contributed by atoms with van der Waals surface area (Å²) in [6.45, 7) is 3.70. The van der Waals surface area contributed by atoms with Crippen molar-refractivity contribution in [2.75, 3.05) is 13.7 Å². The molecule has 0 saturated carbocycles. The molecule has 0 aliphatic carbocycles. The quantitative estimate of drug-likeness (QED) is 0.689. The molecule has 2 aromatic carbocycles. The first-order valence-corrected chi connectivity index (χ1v) is 8.56. The number of para-hydroxylation sites is 1. The minimum atomic E-state index is -0.188. The zero-order chi connectivity index (χ0) is 19.2. The Labute approximate surface area is 157 Å². The van der Waals surface area contributed by atoms with Crippen molar-refractivity contribution < 1.29 is 18.8 Å². The first-order chi connectivity index (χ1) is 13.1. The third-order valence-electron chi connectivity index (χ3n) is 3.70. The van der Waals surface area contributed by atoms with Crippen molar-refractivity contribution in [3.8, 4) is 34.3 Å². The highest BCUT2D eigenvalue weighted by Crippen LogP contribution is 2.30. The van der Waals surface area contributed by atoms with E-state index in [2.05, 4.69) is 15.5 Å². The van der Waals surface area contributed by atoms with Crippen LogP contribution in [0.5, 0.6) is 11.5 Å². The Morgan fingerprint density at radius 1 is 1.15 bits per heavy atom. The summed E-state index contributed by atoms with van der Waals surface area (Å²) in [5.41, 5.74) is 1.43. The van der Waals surface area contributed by atoms with Gasteiger partial charge in [0.15, 0.2) is 6.61 Å². The van der Waals surface area contributed by atoms with Gasteiger partial charge in [-0.3, -0.25) is 4.79 Å². The molecule has 27 heavy (non-hydrogen) atoms. The predicted octanol–water partition coefficient (Wildman–Crippen LogP) is 3.32. The molecule has 0 aliphatic heterocycles. The minimum Gasteiger partial charge on any atom is -0.497 e. The monoisotopic (exact) mass is 367 g/mol. The van der Waals surface area contributed by atoms with Gasteiger partial charge < -0.3 is 19.3 Å². The first-order valence-electron chi connectivity index (χ1n) is 8.56. The fourth-order valence-corrected chi connectivity index (χ4v) is 2.47. The van der Waals surface area contributed by atoms with Crippen LogP contribution in [0.2, 0.25) is 0 Å². The largest absolute Gasteiger partial charge is 0.497 e. The van der Waals surface area contributed by atoms with E-state index >= 15 is 0 Å². The molecule has 0 atom stereocenters. The molecule has 7 heteroatoms. The van der Waals surface area contributed by atoms with Crippen molar-refractivity contribution in [3.05, 3.63) is 48.5 Å². The third kappa shape index (κ3) is 4.63. The minimum absolute atomic E-state index is 0.0561. The second-order valence-electron chi connectivity index (χ2n) is 6.16. The van der Waals surface area contributed by atoms with Gasteiger partial charge in [-0.15, -0.1) is 0 Å². The molecule has 0 aliphatic rings. The van der Waals surface area contributed by atoms with Crippen molar-refractivity contribution in [3.63, 3.8) is 0 Å². The lowest BCUT2D eigenvalue weighted by molar-refractivity contribution is -0.123. The Morgan fingerprint density at radius 2 is 1.89 bits per heavy atom. The molecule has 1 amide bonds. The molecule has 3 aromatic rings. The first kappa shape index (κ1) is 18.4. The van der Waals surface area contributed by atoms with Gasteiger partial charge >= 0.3 is 0 Å². The van der Waals surface area contributed by atoms with Crippen LogP contribution in [0.15, 0.2) is 53.1 Å². The Kier molecular flexibility index (Phi) is 5.71. The summed E-state index contributed by atoms with van der Waals surface area (Å²) < 4.78 is 16.2. The van der Waals surface area contributed by atoms with Crippen LogP contribution in [-0.2, 0) is 4.79 Å². The molecule has 0 bridgehead atoms. The molecule has 1 N–H and O–H groups in total. The number of rotatable bonds is 7. The summed E-state index contributed by atoms with van der Waals surface area (Å²) in [4.78, 5) is 16.3. The maximum absolute atomic E-state index is 11.8. The van der Waals surface area contributed by atoms with Gasteiger partial charge in [0.05, 0.1) is 12.7 Å². The van der Waals surface area contributed by atoms with Crippen LogP contribution in [0.25, 0.3) is 22.8 Å². The van der Waals surface area contributed by atoms with Crippen molar-refractivity contribution in [1.82, 2.24) is 15.5 Å². The highest BCUT2D eigenvalue weighted by atomic mass is 16.5. The van der Waals surface area contributed by atoms with E-state index in [-0.39, 0.29) is 18.6 Å². The molecule has 3 rings (SSSR count). The van der Waals surface area contributed by atoms with Crippen LogP contribution < -0.4 is 14.8 Å². The topological polar surface area (TPSA) is 86.5 Å². The fourth-order valence-electron chi connectivity index (χ4n) is 2.47. The highest BCUT2D eigenvalue weighted by molar-refractivity contribution is 5.78. The van der Waals surface area contributed by atoms with Gasteiger partial charge in [-0.25, -0.2) is 0 Å². The van der Waals surface area contributed by atoms with E-state index in [1.807, 2.05) is 56.3 Å². The predicted molar refractivity (Wildman–Crippen MR) is 100 cm³/mol. The number of benzene rings is 2.